The third-order valence-corrected chi connectivity index (χ3v) is 4.53. The average molecular weight is 400 g/mol. The Balaban J connectivity index is 0.00000176. The molecule has 0 saturated heterocycles. The second-order valence-corrected chi connectivity index (χ2v) is 6.64. The van der Waals surface area contributed by atoms with E-state index in [4.69, 9.17) is 0 Å². The topological polar surface area (TPSA) is 27.3 Å². The highest BCUT2D eigenvalue weighted by Crippen LogP contribution is 2.32. The lowest BCUT2D eigenvalue weighted by Crippen LogP contribution is -2.20. The first-order valence-corrected chi connectivity index (χ1v) is 9.98. The van der Waals surface area contributed by atoms with E-state index in [-0.39, 0.29) is 11.4 Å². The fourth-order valence-corrected chi connectivity index (χ4v) is 2.93. The molecule has 0 saturated carbocycles. The Kier molecular flexibility index (Phi) is 10.1. The zero-order valence-electron chi connectivity index (χ0n) is 16.5. The third kappa shape index (κ3) is 6.99. The Morgan fingerprint density at radius 1 is 1.00 bits per heavy atom. The zero-order valence-corrected chi connectivity index (χ0v) is 17.3. The summed E-state index contributed by atoms with van der Waals surface area (Å²) in [6.45, 7) is 9.61. The monoisotopic (exact) mass is 399 g/mol. The molecular formula is C20H28F3N3S. The number of rotatable bonds is 8. The molecule has 2 aromatic carbocycles. The molecule has 0 bridgehead atoms. The highest BCUT2D eigenvalue weighted by Gasteiger charge is 2.15. The summed E-state index contributed by atoms with van der Waals surface area (Å²) in [6, 6.07) is 7.02. The molecule has 0 heterocycles. The molecule has 0 aliphatic heterocycles. The van der Waals surface area contributed by atoms with Crippen molar-refractivity contribution in [3.05, 3.63) is 53.3 Å². The standard InChI is InChI=1S/C18H22F3N3S.C2H6/c1-4-24(3)9-10-25-23-16-8-6-13(19)17(21)18(16)22-15-7-5-12(2)11-14(15)20;1-2/h5-8,11,22-23H,4,9-10H2,1-3H3;1-2H3. The van der Waals surface area contributed by atoms with Gasteiger partial charge in [-0.1, -0.05) is 38.8 Å². The molecule has 3 nitrogen and oxygen atoms in total. The summed E-state index contributed by atoms with van der Waals surface area (Å²) in [5, 5.41) is 2.66. The summed E-state index contributed by atoms with van der Waals surface area (Å²) in [5.41, 5.74) is 1.09. The largest absolute Gasteiger partial charge is 0.349 e. The van der Waals surface area contributed by atoms with Gasteiger partial charge in [0.05, 0.1) is 11.4 Å². The highest BCUT2D eigenvalue weighted by molar-refractivity contribution is 8.00. The smallest absolute Gasteiger partial charge is 0.184 e. The van der Waals surface area contributed by atoms with E-state index < -0.39 is 17.5 Å². The van der Waals surface area contributed by atoms with Crippen LogP contribution >= 0.6 is 11.9 Å². The minimum atomic E-state index is -1.05. The van der Waals surface area contributed by atoms with E-state index >= 15 is 0 Å². The van der Waals surface area contributed by atoms with Crippen LogP contribution in [0.5, 0.6) is 0 Å². The van der Waals surface area contributed by atoms with Gasteiger partial charge in [-0.15, -0.1) is 0 Å². The van der Waals surface area contributed by atoms with Crippen LogP contribution in [0.3, 0.4) is 0 Å². The number of hydrogen-bond acceptors (Lipinski definition) is 4. The van der Waals surface area contributed by atoms with Gasteiger partial charge in [-0.3, -0.25) is 0 Å². The molecule has 150 valence electrons. The summed E-state index contributed by atoms with van der Waals surface area (Å²) < 4.78 is 44.9. The van der Waals surface area contributed by atoms with Gasteiger partial charge >= 0.3 is 0 Å². The van der Waals surface area contributed by atoms with Gasteiger partial charge < -0.3 is 14.9 Å². The number of benzene rings is 2. The van der Waals surface area contributed by atoms with Crippen LogP contribution in [-0.4, -0.2) is 30.8 Å². The zero-order chi connectivity index (χ0) is 20.4. The van der Waals surface area contributed by atoms with E-state index in [1.807, 2.05) is 20.9 Å². The third-order valence-electron chi connectivity index (χ3n) is 3.78. The van der Waals surface area contributed by atoms with E-state index in [9.17, 15) is 13.2 Å². The first-order valence-electron chi connectivity index (χ1n) is 9.00. The fraction of sp³-hybridized carbons (Fsp3) is 0.400. The molecular weight excluding hydrogens is 371 g/mol. The van der Waals surface area contributed by atoms with E-state index in [2.05, 4.69) is 21.9 Å². The molecule has 0 spiro atoms. The molecule has 0 atom stereocenters. The van der Waals surface area contributed by atoms with Crippen molar-refractivity contribution in [3.63, 3.8) is 0 Å². The summed E-state index contributed by atoms with van der Waals surface area (Å²) in [7, 11) is 2.01. The van der Waals surface area contributed by atoms with Crippen LogP contribution in [0.1, 0.15) is 26.3 Å². The molecule has 2 rings (SSSR count). The fourth-order valence-electron chi connectivity index (χ4n) is 2.10. The van der Waals surface area contributed by atoms with Crippen LogP contribution in [-0.2, 0) is 0 Å². The summed E-state index contributed by atoms with van der Waals surface area (Å²) in [4.78, 5) is 2.14. The number of halogens is 3. The van der Waals surface area contributed by atoms with Gasteiger partial charge in [0.2, 0.25) is 0 Å². The predicted octanol–water partition coefficient (Wildman–Crippen LogP) is 6.19. The van der Waals surface area contributed by atoms with E-state index in [1.165, 1.54) is 30.1 Å². The molecule has 0 aliphatic rings. The summed E-state index contributed by atoms with van der Waals surface area (Å²) in [5.74, 6) is -1.79. The van der Waals surface area contributed by atoms with Crippen LogP contribution in [0.4, 0.5) is 30.2 Å². The molecule has 7 heteroatoms. The quantitative estimate of drug-likeness (QED) is 0.409. The maximum Gasteiger partial charge on any atom is 0.184 e. The van der Waals surface area contributed by atoms with E-state index in [0.717, 1.165) is 30.5 Å². The van der Waals surface area contributed by atoms with E-state index in [1.54, 1.807) is 13.0 Å². The van der Waals surface area contributed by atoms with Gasteiger partial charge in [-0.05, 0) is 50.3 Å². The minimum absolute atomic E-state index is 0.0915. The molecule has 27 heavy (non-hydrogen) atoms. The predicted molar refractivity (Wildman–Crippen MR) is 111 cm³/mol. The molecule has 2 aromatic rings. The minimum Gasteiger partial charge on any atom is -0.349 e. The molecule has 0 aliphatic carbocycles. The van der Waals surface area contributed by atoms with Crippen molar-refractivity contribution >= 4 is 29.0 Å². The Morgan fingerprint density at radius 3 is 2.30 bits per heavy atom. The Hall–Kier alpha value is -1.86. The first-order chi connectivity index (χ1) is 12.9. The maximum absolute atomic E-state index is 14.2. The van der Waals surface area contributed by atoms with Crippen LogP contribution in [0.15, 0.2) is 30.3 Å². The van der Waals surface area contributed by atoms with Crippen molar-refractivity contribution in [2.24, 2.45) is 0 Å². The van der Waals surface area contributed by atoms with Crippen molar-refractivity contribution in [2.75, 3.05) is 35.9 Å². The van der Waals surface area contributed by atoms with Gasteiger partial charge in [-0.2, -0.15) is 0 Å². The van der Waals surface area contributed by atoms with Crippen LogP contribution in [0.25, 0.3) is 0 Å². The van der Waals surface area contributed by atoms with Gasteiger partial charge in [0, 0.05) is 12.3 Å². The molecule has 0 aromatic heterocycles. The number of anilines is 3. The van der Waals surface area contributed by atoms with Gasteiger partial charge in [0.15, 0.2) is 11.6 Å². The number of nitrogens with one attached hydrogen (secondary N) is 2. The second-order valence-electron chi connectivity index (χ2n) is 5.74. The Bertz CT molecular complexity index is 726. The molecule has 2 N–H and O–H groups in total. The Morgan fingerprint density at radius 2 is 1.67 bits per heavy atom. The number of aryl methyl sites for hydroxylation is 1. The maximum atomic E-state index is 14.2. The molecule has 0 unspecified atom stereocenters. The second kappa shape index (κ2) is 11.8. The van der Waals surface area contributed by atoms with Crippen molar-refractivity contribution < 1.29 is 13.2 Å². The van der Waals surface area contributed by atoms with Gasteiger partial charge in [0.1, 0.15) is 11.5 Å². The van der Waals surface area contributed by atoms with Crippen molar-refractivity contribution in [2.45, 2.75) is 27.7 Å². The highest BCUT2D eigenvalue weighted by atomic mass is 32.2. The molecule has 0 fully saturated rings. The SMILES string of the molecule is CC.CCN(C)CCSNc1ccc(F)c(F)c1Nc1ccc(C)cc1F. The summed E-state index contributed by atoms with van der Waals surface area (Å²) >= 11 is 1.38. The first kappa shape index (κ1) is 23.2. The van der Waals surface area contributed by atoms with Crippen LogP contribution in [0, 0.1) is 24.4 Å². The van der Waals surface area contributed by atoms with Crippen molar-refractivity contribution in [3.8, 4) is 0 Å². The lowest BCUT2D eigenvalue weighted by Gasteiger charge is -2.17. The van der Waals surface area contributed by atoms with Crippen molar-refractivity contribution in [1.29, 1.82) is 0 Å². The van der Waals surface area contributed by atoms with Gasteiger partial charge in [-0.25, -0.2) is 13.2 Å². The summed E-state index contributed by atoms with van der Waals surface area (Å²) in [6.07, 6.45) is 0. The Labute approximate surface area is 164 Å². The molecule has 0 amide bonds. The van der Waals surface area contributed by atoms with Crippen molar-refractivity contribution in [1.82, 2.24) is 4.90 Å². The van der Waals surface area contributed by atoms with Crippen LogP contribution < -0.4 is 10.0 Å². The lowest BCUT2D eigenvalue weighted by atomic mass is 10.2. The normalized spacial score (nSPS) is 10.4. The number of hydrogen-bond donors (Lipinski definition) is 2. The van der Waals surface area contributed by atoms with Gasteiger partial charge in [0.25, 0.3) is 0 Å². The molecule has 0 radical (unpaired) electrons. The van der Waals surface area contributed by atoms with E-state index in [0.29, 0.717) is 5.69 Å². The van der Waals surface area contributed by atoms with Crippen LogP contribution in [0.2, 0.25) is 0 Å². The lowest BCUT2D eigenvalue weighted by molar-refractivity contribution is 0.377. The number of nitrogens with zero attached hydrogens (tertiary/aromatic N) is 1. The average Bonchev–Trinajstić information content (AvgIpc) is 2.67.